The van der Waals surface area contributed by atoms with Crippen molar-refractivity contribution in [3.8, 4) is 24.1 Å². The Morgan fingerprint density at radius 1 is 1.20 bits per heavy atom. The van der Waals surface area contributed by atoms with Crippen LogP contribution < -0.4 is 10.9 Å². The number of hydrogen-bond acceptors (Lipinski definition) is 6. The molecular formula is C23H30Cl2N6O3S. The van der Waals surface area contributed by atoms with Gasteiger partial charge in [-0.3, -0.25) is 9.20 Å². The molecule has 0 atom stereocenters. The number of primary sulfonamides is 1. The number of benzene rings is 1. The molecule has 0 unspecified atom stereocenters. The number of aryl methyl sites for hydroxylation is 1. The number of carbonyl (C=O) groups is 1. The quantitative estimate of drug-likeness (QED) is 0.459. The molecule has 9 nitrogen and oxygen atoms in total. The van der Waals surface area contributed by atoms with Gasteiger partial charge in [-0.2, -0.15) is 0 Å². The van der Waals surface area contributed by atoms with Crippen molar-refractivity contribution < 1.29 is 13.2 Å². The third kappa shape index (κ3) is 8.19. The molecule has 3 rings (SSSR count). The number of fused-ring (bicyclic) bond motifs is 1. The van der Waals surface area contributed by atoms with Gasteiger partial charge >= 0.3 is 0 Å². The second-order valence-electron chi connectivity index (χ2n) is 7.36. The average Bonchev–Trinajstić information content (AvgIpc) is 3.20. The third-order valence-electron chi connectivity index (χ3n) is 4.69. The van der Waals surface area contributed by atoms with Gasteiger partial charge in [0.15, 0.2) is 0 Å². The van der Waals surface area contributed by atoms with Crippen LogP contribution in [-0.4, -0.2) is 52.9 Å². The van der Waals surface area contributed by atoms with Crippen LogP contribution in [0.2, 0.25) is 10.0 Å². The molecule has 0 saturated heterocycles. The Balaban J connectivity index is 0.000000779. The van der Waals surface area contributed by atoms with Crippen molar-refractivity contribution in [2.45, 2.75) is 33.7 Å². The van der Waals surface area contributed by atoms with E-state index in [2.05, 4.69) is 28.0 Å². The molecule has 0 aliphatic rings. The Labute approximate surface area is 216 Å². The van der Waals surface area contributed by atoms with E-state index in [4.69, 9.17) is 28.9 Å². The monoisotopic (exact) mass is 540 g/mol. The first-order chi connectivity index (χ1) is 16.4. The van der Waals surface area contributed by atoms with Gasteiger partial charge in [0.05, 0.1) is 17.0 Å². The van der Waals surface area contributed by atoms with Crippen LogP contribution in [0.25, 0.3) is 17.0 Å². The molecule has 0 radical (unpaired) electrons. The second-order valence-corrected chi connectivity index (χ2v) is 9.87. The minimum atomic E-state index is -3.17. The van der Waals surface area contributed by atoms with E-state index in [1.165, 1.54) is 0 Å². The van der Waals surface area contributed by atoms with Crippen molar-refractivity contribution in [1.82, 2.24) is 19.3 Å². The highest BCUT2D eigenvalue weighted by Crippen LogP contribution is 2.34. The van der Waals surface area contributed by atoms with E-state index in [-0.39, 0.29) is 12.5 Å². The molecule has 2 heterocycles. The molecule has 0 aliphatic heterocycles. The maximum Gasteiger partial charge on any atom is 0.274 e. The number of aromatic nitrogens is 3. The molecule has 0 aliphatic carbocycles. The fourth-order valence-electron chi connectivity index (χ4n) is 3.30. The Morgan fingerprint density at radius 2 is 1.80 bits per heavy atom. The van der Waals surface area contributed by atoms with Crippen LogP contribution in [0.5, 0.6) is 0 Å². The summed E-state index contributed by atoms with van der Waals surface area (Å²) in [5.41, 5.74) is 9.50. The molecule has 1 amide bonds. The van der Waals surface area contributed by atoms with Crippen molar-refractivity contribution in [2.24, 2.45) is 10.9 Å². The lowest BCUT2D eigenvalue weighted by Crippen LogP contribution is -2.31. The van der Waals surface area contributed by atoms with Crippen LogP contribution in [0.3, 0.4) is 0 Å². The van der Waals surface area contributed by atoms with Gasteiger partial charge in [-0.1, -0.05) is 30.1 Å². The number of hydrogen-bond donors (Lipinski definition) is 2. The second kappa shape index (κ2) is 13.4. The predicted molar refractivity (Wildman–Crippen MR) is 142 cm³/mol. The molecule has 0 saturated carbocycles. The van der Waals surface area contributed by atoms with Crippen LogP contribution in [0.1, 0.15) is 42.0 Å². The van der Waals surface area contributed by atoms with Gasteiger partial charge in [0.1, 0.15) is 5.69 Å². The zero-order valence-corrected chi connectivity index (χ0v) is 22.5. The molecule has 35 heavy (non-hydrogen) atoms. The van der Waals surface area contributed by atoms with Gasteiger partial charge in [0.2, 0.25) is 15.8 Å². The molecule has 1 aromatic carbocycles. The number of nitrogens with two attached hydrogens (primary N) is 2. The first kappa shape index (κ1) is 30.4. The number of terminal acetylenes is 1. The number of nitrogens with zero attached hydrogens (tertiary/aromatic N) is 4. The zero-order chi connectivity index (χ0) is 26.9. The average molecular weight is 542 g/mol. The number of sulfonamides is 1. The largest absolute Gasteiger partial charge is 0.338 e. The van der Waals surface area contributed by atoms with Gasteiger partial charge in [-0.15, -0.1) is 12.8 Å². The maximum atomic E-state index is 12.9. The van der Waals surface area contributed by atoms with E-state index in [1.807, 2.05) is 26.8 Å². The van der Waals surface area contributed by atoms with Crippen molar-refractivity contribution in [1.29, 1.82) is 0 Å². The van der Waals surface area contributed by atoms with Crippen molar-refractivity contribution in [3.05, 3.63) is 51.4 Å². The fourth-order valence-corrected chi connectivity index (χ4v) is 3.80. The number of rotatable bonds is 6. The van der Waals surface area contributed by atoms with Crippen LogP contribution in [0, 0.1) is 19.8 Å². The van der Waals surface area contributed by atoms with E-state index in [9.17, 15) is 13.2 Å². The highest BCUT2D eigenvalue weighted by molar-refractivity contribution is 7.88. The van der Waals surface area contributed by atoms with Crippen molar-refractivity contribution >= 4 is 44.9 Å². The first-order valence-corrected chi connectivity index (χ1v) is 13.3. The van der Waals surface area contributed by atoms with E-state index >= 15 is 0 Å². The minimum Gasteiger partial charge on any atom is -0.338 e. The fraction of sp³-hybridized carbons (Fsp3) is 0.348. The van der Waals surface area contributed by atoms with Crippen LogP contribution in [0.4, 0.5) is 0 Å². The van der Waals surface area contributed by atoms with Crippen LogP contribution in [-0.2, 0) is 16.6 Å². The standard InChI is InChI=1S/C20H23Cl2N5O.C2H2.CH5NO2S/c1-4-8-26(5-2)19(28)17-11-27-18(14-7-6-13(21)9-16(14)22)15(10-23)12(3)24-20(27)25-17;1-2;1-5(2,3)4/h6-7,9,11H,4-5,8,10,23H2,1-3H3;1-2H;1H3,(H2,2,3,4). The van der Waals surface area contributed by atoms with E-state index in [0.29, 0.717) is 34.6 Å². The van der Waals surface area contributed by atoms with Crippen LogP contribution in [0.15, 0.2) is 24.4 Å². The smallest absolute Gasteiger partial charge is 0.274 e. The van der Waals surface area contributed by atoms with E-state index < -0.39 is 10.0 Å². The third-order valence-corrected chi connectivity index (χ3v) is 5.24. The number of amides is 1. The molecule has 0 fully saturated rings. The Morgan fingerprint density at radius 3 is 2.29 bits per heavy atom. The molecule has 4 N–H and O–H groups in total. The first-order valence-electron chi connectivity index (χ1n) is 10.6. The molecule has 0 spiro atoms. The minimum absolute atomic E-state index is 0.116. The summed E-state index contributed by atoms with van der Waals surface area (Å²) in [4.78, 5) is 23.7. The van der Waals surface area contributed by atoms with Gasteiger partial charge < -0.3 is 10.6 Å². The predicted octanol–water partition coefficient (Wildman–Crippen LogP) is 3.50. The van der Waals surface area contributed by atoms with E-state index in [0.717, 1.165) is 35.2 Å². The maximum absolute atomic E-state index is 12.9. The normalized spacial score (nSPS) is 10.7. The Hall–Kier alpha value is -2.68. The lowest BCUT2D eigenvalue weighted by Gasteiger charge is -2.18. The molecule has 12 heteroatoms. The summed E-state index contributed by atoms with van der Waals surface area (Å²) in [7, 11) is -3.17. The summed E-state index contributed by atoms with van der Waals surface area (Å²) < 4.78 is 20.6. The van der Waals surface area contributed by atoms with Gasteiger partial charge in [-0.05, 0) is 38.5 Å². The molecule has 3 aromatic rings. The zero-order valence-electron chi connectivity index (χ0n) is 20.1. The summed E-state index contributed by atoms with van der Waals surface area (Å²) in [6.45, 7) is 7.45. The highest BCUT2D eigenvalue weighted by Gasteiger charge is 2.22. The SMILES string of the molecule is C#C.CCCN(CC)C(=O)c1cn2c(-c3ccc(Cl)cc3Cl)c(CN)c(C)nc2n1.CS(N)(=O)=O. The summed E-state index contributed by atoms with van der Waals surface area (Å²) in [6.07, 6.45) is 11.5. The van der Waals surface area contributed by atoms with Gasteiger partial charge in [0.25, 0.3) is 5.91 Å². The van der Waals surface area contributed by atoms with Crippen molar-refractivity contribution in [3.63, 3.8) is 0 Å². The summed E-state index contributed by atoms with van der Waals surface area (Å²) in [6, 6.07) is 5.30. The number of carbonyl (C=O) groups excluding carboxylic acids is 1. The lowest BCUT2D eigenvalue weighted by atomic mass is 10.0. The summed E-state index contributed by atoms with van der Waals surface area (Å²) in [5, 5.41) is 5.37. The Bertz CT molecular complexity index is 1300. The number of halogens is 2. The highest BCUT2D eigenvalue weighted by atomic mass is 35.5. The van der Waals surface area contributed by atoms with Crippen LogP contribution >= 0.6 is 23.2 Å². The topological polar surface area (TPSA) is 137 Å². The Kier molecular flexibility index (Phi) is 11.6. The lowest BCUT2D eigenvalue weighted by molar-refractivity contribution is 0.0759. The molecule has 190 valence electrons. The summed E-state index contributed by atoms with van der Waals surface area (Å²) in [5.74, 6) is 0.321. The molecule has 2 aromatic heterocycles. The summed E-state index contributed by atoms with van der Waals surface area (Å²) >= 11 is 12.5. The van der Waals surface area contributed by atoms with Gasteiger partial charge in [0, 0.05) is 47.7 Å². The number of imidazole rings is 1. The molecular weight excluding hydrogens is 511 g/mol. The van der Waals surface area contributed by atoms with E-state index in [1.54, 1.807) is 27.6 Å². The van der Waals surface area contributed by atoms with Gasteiger partial charge in [-0.25, -0.2) is 23.5 Å². The van der Waals surface area contributed by atoms with Crippen molar-refractivity contribution in [2.75, 3.05) is 19.3 Å². The molecule has 0 bridgehead atoms.